The molecule has 0 aromatic heterocycles. The van der Waals surface area contributed by atoms with E-state index in [1.807, 2.05) is 25.1 Å². The second-order valence-electron chi connectivity index (χ2n) is 15.5. The van der Waals surface area contributed by atoms with E-state index in [9.17, 15) is 34.8 Å². The molecule has 1 aromatic carbocycles. The third-order valence-corrected chi connectivity index (χ3v) is 10.5. The normalized spacial score (nSPS) is 30.0. The summed E-state index contributed by atoms with van der Waals surface area (Å²) in [5.74, 6) is -5.03. The van der Waals surface area contributed by atoms with Crippen molar-refractivity contribution < 1.29 is 34.8 Å². The summed E-state index contributed by atoms with van der Waals surface area (Å²) in [6, 6.07) is 2.00. The van der Waals surface area contributed by atoms with Gasteiger partial charge in [-0.25, -0.2) is 0 Å². The number of aliphatic hydroxyl groups excluding tert-OH is 2. The van der Waals surface area contributed by atoms with E-state index in [1.54, 1.807) is 20.8 Å². The van der Waals surface area contributed by atoms with E-state index in [1.165, 1.54) is 0 Å². The molecule has 236 valence electrons. The molecule has 5 rings (SSSR count). The number of aromatic hydroxyl groups is 1. The minimum Gasteiger partial charge on any atom is -0.508 e. The van der Waals surface area contributed by atoms with E-state index >= 15 is 0 Å². The topological polar surface area (TPSA) is 132 Å². The van der Waals surface area contributed by atoms with Gasteiger partial charge in [0.25, 0.3) is 0 Å². The Labute approximate surface area is 260 Å². The molecule has 7 nitrogen and oxygen atoms in total. The van der Waals surface area contributed by atoms with Gasteiger partial charge in [0.05, 0.1) is 5.56 Å². The zero-order valence-corrected chi connectivity index (χ0v) is 27.2. The predicted molar refractivity (Wildman–Crippen MR) is 170 cm³/mol. The first kappa shape index (κ1) is 32.0. The molecule has 1 fully saturated rings. The number of benzene rings is 1. The van der Waals surface area contributed by atoms with Crippen LogP contribution in [0, 0.1) is 28.1 Å². The van der Waals surface area contributed by atoms with E-state index in [-0.39, 0.29) is 41.1 Å². The summed E-state index contributed by atoms with van der Waals surface area (Å²) in [6.07, 6.45) is 9.58. The van der Waals surface area contributed by atoms with Gasteiger partial charge in [-0.3, -0.25) is 14.4 Å². The van der Waals surface area contributed by atoms with Crippen molar-refractivity contribution >= 4 is 28.7 Å². The number of phenolic OH excluding ortho intramolecular Hbond substituents is 1. The van der Waals surface area contributed by atoms with Crippen molar-refractivity contribution in [3.05, 3.63) is 63.5 Å². The van der Waals surface area contributed by atoms with Gasteiger partial charge in [0, 0.05) is 22.3 Å². The monoisotopic (exact) mass is 602 g/mol. The van der Waals surface area contributed by atoms with Crippen LogP contribution in [0.1, 0.15) is 103 Å². The summed E-state index contributed by atoms with van der Waals surface area (Å²) in [6.45, 7) is 14.7. The minimum atomic E-state index is -2.61. The largest absolute Gasteiger partial charge is 0.508 e. The number of aliphatic hydroxyl groups is 3. The average molecular weight is 603 g/mol. The molecule has 0 bridgehead atoms. The molecule has 1 unspecified atom stereocenters. The number of carbonyl (C=O) groups is 3. The summed E-state index contributed by atoms with van der Waals surface area (Å²) in [7, 11) is 0. The van der Waals surface area contributed by atoms with Crippen molar-refractivity contribution in [3.63, 3.8) is 0 Å². The summed E-state index contributed by atoms with van der Waals surface area (Å²) in [5, 5.41) is 47.4. The highest BCUT2D eigenvalue weighted by Gasteiger charge is 2.72. The van der Waals surface area contributed by atoms with Gasteiger partial charge in [-0.15, -0.1) is 0 Å². The highest BCUT2D eigenvalue weighted by Crippen LogP contribution is 2.65. The van der Waals surface area contributed by atoms with E-state index in [2.05, 4.69) is 26.8 Å². The van der Waals surface area contributed by atoms with Gasteiger partial charge in [-0.05, 0) is 85.1 Å². The van der Waals surface area contributed by atoms with Crippen molar-refractivity contribution in [1.82, 2.24) is 0 Å². The van der Waals surface area contributed by atoms with Gasteiger partial charge in [0.2, 0.25) is 5.78 Å². The van der Waals surface area contributed by atoms with Crippen molar-refractivity contribution in [3.8, 4) is 5.75 Å². The maximum absolute atomic E-state index is 14.6. The third-order valence-electron chi connectivity index (χ3n) is 10.5. The molecule has 7 heteroatoms. The van der Waals surface area contributed by atoms with Gasteiger partial charge >= 0.3 is 0 Å². The standard InChI is InChI=1S/C37H46O7/c1-19(2)27-30(40)25(20(3)38)32(42)37(44)33(43)28-31(41)26-24(17-35(28,7)18-36(27,37)8)23(21-12-9-10-13-21)16-22(29(26)39)14-11-15-34(4,5)6/h9,12-13,16,19,27,39,41-42,44H,10-11,14-15,17-18H2,1-8H3/t27?,35-,36-,37+/m1/s1. The number of rotatable bonds is 6. The molecule has 4 aliphatic rings. The molecule has 1 saturated carbocycles. The number of ketones is 3. The number of phenols is 1. The summed E-state index contributed by atoms with van der Waals surface area (Å²) >= 11 is 0. The molecule has 0 amide bonds. The molecule has 0 spiro atoms. The van der Waals surface area contributed by atoms with Crippen molar-refractivity contribution in [2.45, 2.75) is 99.5 Å². The molecule has 4 aliphatic carbocycles. The maximum Gasteiger partial charge on any atom is 0.203 e. The highest BCUT2D eigenvalue weighted by atomic mass is 16.3. The Kier molecular flexibility index (Phi) is 7.48. The number of Topliss-reactive ketones (excluding diaryl/α,β-unsaturated/α-hetero) is 3. The smallest absolute Gasteiger partial charge is 0.203 e. The lowest BCUT2D eigenvalue weighted by Gasteiger charge is -2.59. The van der Waals surface area contributed by atoms with Crippen LogP contribution >= 0.6 is 0 Å². The molecule has 4 N–H and O–H groups in total. The van der Waals surface area contributed by atoms with Crippen LogP contribution in [0.5, 0.6) is 5.75 Å². The van der Waals surface area contributed by atoms with Crippen molar-refractivity contribution in [2.24, 2.45) is 28.1 Å². The van der Waals surface area contributed by atoms with E-state index < -0.39 is 56.8 Å². The number of allylic oxidation sites excluding steroid dienone is 5. The number of hydrogen-bond acceptors (Lipinski definition) is 7. The Bertz CT molecular complexity index is 1610. The van der Waals surface area contributed by atoms with Crippen LogP contribution in [-0.4, -0.2) is 43.4 Å². The lowest BCUT2D eigenvalue weighted by atomic mass is 9.43. The van der Waals surface area contributed by atoms with Crippen LogP contribution in [0.3, 0.4) is 0 Å². The third kappa shape index (κ3) is 4.45. The van der Waals surface area contributed by atoms with E-state index in [4.69, 9.17) is 0 Å². The van der Waals surface area contributed by atoms with E-state index in [0.29, 0.717) is 17.5 Å². The first-order valence-corrected chi connectivity index (χ1v) is 15.7. The Morgan fingerprint density at radius 1 is 1.11 bits per heavy atom. The average Bonchev–Trinajstić information content (AvgIpc) is 3.41. The lowest BCUT2D eigenvalue weighted by Crippen LogP contribution is -2.69. The van der Waals surface area contributed by atoms with Crippen LogP contribution in [0.2, 0.25) is 0 Å². The second-order valence-corrected chi connectivity index (χ2v) is 15.5. The number of hydrogen-bond donors (Lipinski definition) is 4. The van der Waals surface area contributed by atoms with Gasteiger partial charge in [-0.2, -0.15) is 0 Å². The molecule has 0 saturated heterocycles. The first-order valence-electron chi connectivity index (χ1n) is 15.7. The predicted octanol–water partition coefficient (Wildman–Crippen LogP) is 6.90. The number of aryl methyl sites for hydroxylation is 1. The minimum absolute atomic E-state index is 0.0767. The highest BCUT2D eigenvalue weighted by molar-refractivity contribution is 6.24. The molecule has 0 heterocycles. The Hall–Kier alpha value is -3.45. The number of carbonyl (C=O) groups excluding carboxylic acids is 3. The van der Waals surface area contributed by atoms with Crippen molar-refractivity contribution in [2.75, 3.05) is 0 Å². The van der Waals surface area contributed by atoms with Crippen LogP contribution in [-0.2, 0) is 27.2 Å². The fraction of sp³-hybridized carbons (Fsp3) is 0.541. The van der Waals surface area contributed by atoms with Crippen LogP contribution in [0.15, 0.2) is 41.2 Å². The fourth-order valence-electron chi connectivity index (χ4n) is 8.76. The zero-order chi connectivity index (χ0) is 32.7. The fourth-order valence-corrected chi connectivity index (χ4v) is 8.76. The maximum atomic E-state index is 14.6. The van der Waals surface area contributed by atoms with Crippen LogP contribution < -0.4 is 0 Å². The summed E-state index contributed by atoms with van der Waals surface area (Å²) in [4.78, 5) is 41.0. The molecule has 0 aliphatic heterocycles. The first-order chi connectivity index (χ1) is 20.3. The van der Waals surface area contributed by atoms with E-state index in [0.717, 1.165) is 37.3 Å². The Morgan fingerprint density at radius 2 is 1.77 bits per heavy atom. The van der Waals surface area contributed by atoms with Crippen LogP contribution in [0.25, 0.3) is 11.3 Å². The summed E-state index contributed by atoms with van der Waals surface area (Å²) in [5.41, 5.74) is -2.30. The van der Waals surface area contributed by atoms with Crippen LogP contribution in [0.4, 0.5) is 0 Å². The SMILES string of the molecule is CC(=O)C1=C(O)[C@]2(O)C(=O)C3=C(O)c4c(O)c(CCCC(C)(C)C)cc(C5=CCC=C5)c4C[C@]3(C)C[C@]2(C)C(C(C)C)C1=O. The molecular weight excluding hydrogens is 556 g/mol. The molecule has 1 aromatic rings. The van der Waals surface area contributed by atoms with Gasteiger partial charge in [-0.1, -0.05) is 66.7 Å². The second kappa shape index (κ2) is 10.3. The van der Waals surface area contributed by atoms with Gasteiger partial charge in [0.15, 0.2) is 17.2 Å². The summed E-state index contributed by atoms with van der Waals surface area (Å²) < 4.78 is 0. The Balaban J connectivity index is 1.78. The lowest BCUT2D eigenvalue weighted by molar-refractivity contribution is -0.178. The molecular formula is C37H46O7. The van der Waals surface area contributed by atoms with Gasteiger partial charge < -0.3 is 20.4 Å². The number of fused-ring (bicyclic) bond motifs is 3. The Morgan fingerprint density at radius 3 is 2.32 bits per heavy atom. The van der Waals surface area contributed by atoms with Gasteiger partial charge in [0.1, 0.15) is 22.8 Å². The molecule has 44 heavy (non-hydrogen) atoms. The zero-order valence-electron chi connectivity index (χ0n) is 27.2. The quantitative estimate of drug-likeness (QED) is 0.260. The van der Waals surface area contributed by atoms with Crippen molar-refractivity contribution in [1.29, 1.82) is 0 Å². The molecule has 4 atom stereocenters. The molecule has 0 radical (unpaired) electrons.